The van der Waals surface area contributed by atoms with E-state index in [0.29, 0.717) is 24.0 Å². The SMILES string of the molecule is CC(CCCN(C(C)C)C(C)C)C(N)CCCCN. The molecule has 0 spiro atoms. The summed E-state index contributed by atoms with van der Waals surface area (Å²) in [6.45, 7) is 13.4. The number of unbranched alkanes of at least 4 members (excludes halogenated alkanes) is 1. The van der Waals surface area contributed by atoms with E-state index in [0.717, 1.165) is 19.4 Å². The Morgan fingerprint density at radius 1 is 0.842 bits per heavy atom. The van der Waals surface area contributed by atoms with Gasteiger partial charge in [-0.2, -0.15) is 0 Å². The van der Waals surface area contributed by atoms with E-state index in [4.69, 9.17) is 11.5 Å². The molecule has 3 nitrogen and oxygen atoms in total. The molecule has 0 aromatic carbocycles. The van der Waals surface area contributed by atoms with Gasteiger partial charge in [0.2, 0.25) is 0 Å². The predicted octanol–water partition coefficient (Wildman–Crippen LogP) is 2.98. The van der Waals surface area contributed by atoms with Crippen LogP contribution in [-0.2, 0) is 0 Å². The van der Waals surface area contributed by atoms with E-state index in [1.807, 2.05) is 0 Å². The number of rotatable bonds is 11. The van der Waals surface area contributed by atoms with Crippen molar-refractivity contribution >= 4 is 0 Å². The smallest absolute Gasteiger partial charge is 0.00645 e. The highest BCUT2D eigenvalue weighted by Crippen LogP contribution is 2.16. The van der Waals surface area contributed by atoms with Gasteiger partial charge in [-0.3, -0.25) is 4.90 Å². The third-order valence-corrected chi connectivity index (χ3v) is 4.12. The Labute approximate surface area is 121 Å². The van der Waals surface area contributed by atoms with Gasteiger partial charge < -0.3 is 11.5 Å². The topological polar surface area (TPSA) is 55.3 Å². The summed E-state index contributed by atoms with van der Waals surface area (Å²) in [6.07, 6.45) is 5.89. The summed E-state index contributed by atoms with van der Waals surface area (Å²) in [6, 6.07) is 1.61. The Kier molecular flexibility index (Phi) is 10.6. The molecule has 0 bridgehead atoms. The summed E-state index contributed by atoms with van der Waals surface area (Å²) in [5.41, 5.74) is 11.8. The van der Waals surface area contributed by atoms with E-state index >= 15 is 0 Å². The first-order chi connectivity index (χ1) is 8.90. The van der Waals surface area contributed by atoms with Crippen molar-refractivity contribution in [1.29, 1.82) is 0 Å². The highest BCUT2D eigenvalue weighted by atomic mass is 15.2. The van der Waals surface area contributed by atoms with Gasteiger partial charge in [0.25, 0.3) is 0 Å². The van der Waals surface area contributed by atoms with Crippen LogP contribution in [0.15, 0.2) is 0 Å². The van der Waals surface area contributed by atoms with E-state index in [1.54, 1.807) is 0 Å². The zero-order chi connectivity index (χ0) is 14.8. The summed E-state index contributed by atoms with van der Waals surface area (Å²) in [5, 5.41) is 0. The van der Waals surface area contributed by atoms with Crippen LogP contribution in [0.1, 0.15) is 66.7 Å². The third-order valence-electron chi connectivity index (χ3n) is 4.12. The van der Waals surface area contributed by atoms with E-state index in [9.17, 15) is 0 Å². The van der Waals surface area contributed by atoms with E-state index in [1.165, 1.54) is 25.8 Å². The minimum Gasteiger partial charge on any atom is -0.330 e. The molecule has 0 aliphatic heterocycles. The van der Waals surface area contributed by atoms with Crippen LogP contribution in [0.25, 0.3) is 0 Å². The Balaban J connectivity index is 3.85. The molecular weight excluding hydrogens is 234 g/mol. The lowest BCUT2D eigenvalue weighted by molar-refractivity contribution is 0.167. The molecule has 3 heteroatoms. The zero-order valence-electron chi connectivity index (χ0n) is 13.9. The minimum atomic E-state index is 0.345. The molecule has 0 aromatic heterocycles. The van der Waals surface area contributed by atoms with E-state index < -0.39 is 0 Å². The lowest BCUT2D eigenvalue weighted by atomic mass is 9.93. The highest BCUT2D eigenvalue weighted by molar-refractivity contribution is 4.72. The Morgan fingerprint density at radius 3 is 1.89 bits per heavy atom. The molecule has 0 amide bonds. The number of nitrogens with two attached hydrogens (primary N) is 2. The first kappa shape index (κ1) is 18.9. The van der Waals surface area contributed by atoms with Crippen LogP contribution < -0.4 is 11.5 Å². The molecule has 19 heavy (non-hydrogen) atoms. The maximum absolute atomic E-state index is 6.24. The van der Waals surface area contributed by atoms with Crippen LogP contribution in [0.3, 0.4) is 0 Å². The first-order valence-electron chi connectivity index (χ1n) is 8.11. The number of nitrogens with zero attached hydrogens (tertiary/aromatic N) is 1. The fourth-order valence-corrected chi connectivity index (χ4v) is 2.73. The summed E-state index contributed by atoms with van der Waals surface area (Å²) >= 11 is 0. The highest BCUT2D eigenvalue weighted by Gasteiger charge is 2.15. The number of hydrogen-bond acceptors (Lipinski definition) is 3. The molecule has 2 unspecified atom stereocenters. The first-order valence-corrected chi connectivity index (χ1v) is 8.11. The zero-order valence-corrected chi connectivity index (χ0v) is 13.9. The average Bonchev–Trinajstić information content (AvgIpc) is 2.33. The molecule has 2 atom stereocenters. The van der Waals surface area contributed by atoms with Crippen molar-refractivity contribution in [3.05, 3.63) is 0 Å². The largest absolute Gasteiger partial charge is 0.330 e. The van der Waals surface area contributed by atoms with Gasteiger partial charge in [-0.25, -0.2) is 0 Å². The molecule has 0 saturated carbocycles. The minimum absolute atomic E-state index is 0.345. The van der Waals surface area contributed by atoms with Crippen LogP contribution in [-0.4, -0.2) is 36.1 Å². The van der Waals surface area contributed by atoms with Crippen LogP contribution in [0, 0.1) is 5.92 Å². The molecule has 0 saturated heterocycles. The lowest BCUT2D eigenvalue weighted by Crippen LogP contribution is -2.38. The van der Waals surface area contributed by atoms with Crippen LogP contribution in [0.5, 0.6) is 0 Å². The number of hydrogen-bond donors (Lipinski definition) is 2. The van der Waals surface area contributed by atoms with Crippen molar-refractivity contribution in [3.8, 4) is 0 Å². The van der Waals surface area contributed by atoms with Crippen LogP contribution in [0.2, 0.25) is 0 Å². The molecule has 0 fully saturated rings. The van der Waals surface area contributed by atoms with Gasteiger partial charge in [-0.15, -0.1) is 0 Å². The van der Waals surface area contributed by atoms with Gasteiger partial charge in [0.05, 0.1) is 0 Å². The predicted molar refractivity (Wildman–Crippen MR) is 86.3 cm³/mol. The van der Waals surface area contributed by atoms with Crippen molar-refractivity contribution in [3.63, 3.8) is 0 Å². The van der Waals surface area contributed by atoms with Gasteiger partial charge in [0.1, 0.15) is 0 Å². The van der Waals surface area contributed by atoms with Crippen molar-refractivity contribution in [2.45, 2.75) is 84.8 Å². The van der Waals surface area contributed by atoms with Gasteiger partial charge >= 0.3 is 0 Å². The summed E-state index contributed by atoms with van der Waals surface area (Å²) in [4.78, 5) is 2.56. The standard InChI is InChI=1S/C16H37N3/c1-13(2)19(14(3)4)12-8-9-15(5)16(18)10-6-7-11-17/h13-16H,6-12,17-18H2,1-5H3. The quantitative estimate of drug-likeness (QED) is 0.568. The summed E-state index contributed by atoms with van der Waals surface area (Å²) in [7, 11) is 0. The second-order valence-electron chi connectivity index (χ2n) is 6.49. The van der Waals surface area contributed by atoms with E-state index in [2.05, 4.69) is 39.5 Å². The maximum Gasteiger partial charge on any atom is 0.00645 e. The molecule has 116 valence electrons. The fourth-order valence-electron chi connectivity index (χ4n) is 2.73. The second-order valence-corrected chi connectivity index (χ2v) is 6.49. The summed E-state index contributed by atoms with van der Waals surface area (Å²) < 4.78 is 0. The van der Waals surface area contributed by atoms with Crippen molar-refractivity contribution in [1.82, 2.24) is 4.90 Å². The van der Waals surface area contributed by atoms with Gasteiger partial charge in [-0.1, -0.05) is 13.3 Å². The molecule has 0 aliphatic rings. The van der Waals surface area contributed by atoms with Crippen LogP contribution >= 0.6 is 0 Å². The van der Waals surface area contributed by atoms with Crippen LogP contribution in [0.4, 0.5) is 0 Å². The average molecular weight is 271 g/mol. The van der Waals surface area contributed by atoms with Gasteiger partial charge in [0.15, 0.2) is 0 Å². The van der Waals surface area contributed by atoms with Gasteiger partial charge in [-0.05, 0) is 72.4 Å². The van der Waals surface area contributed by atoms with E-state index in [-0.39, 0.29) is 0 Å². The fraction of sp³-hybridized carbons (Fsp3) is 1.00. The summed E-state index contributed by atoms with van der Waals surface area (Å²) in [5.74, 6) is 0.624. The molecule has 4 N–H and O–H groups in total. The molecule has 0 radical (unpaired) electrons. The lowest BCUT2D eigenvalue weighted by Gasteiger charge is -2.31. The Hall–Kier alpha value is -0.120. The monoisotopic (exact) mass is 271 g/mol. The van der Waals surface area contributed by atoms with Crippen molar-refractivity contribution in [2.75, 3.05) is 13.1 Å². The van der Waals surface area contributed by atoms with Crippen molar-refractivity contribution in [2.24, 2.45) is 17.4 Å². The Morgan fingerprint density at radius 2 is 1.42 bits per heavy atom. The molecule has 0 aromatic rings. The molecule has 0 heterocycles. The molecular formula is C16H37N3. The molecule has 0 aliphatic carbocycles. The Bertz CT molecular complexity index is 196. The second kappa shape index (κ2) is 10.6. The van der Waals surface area contributed by atoms with Gasteiger partial charge in [0, 0.05) is 18.1 Å². The maximum atomic E-state index is 6.24. The third kappa shape index (κ3) is 8.61. The van der Waals surface area contributed by atoms with Crippen molar-refractivity contribution < 1.29 is 0 Å². The molecule has 0 rings (SSSR count). The normalized spacial score (nSPS) is 15.5.